The van der Waals surface area contributed by atoms with Crippen molar-refractivity contribution in [2.45, 2.75) is 19.3 Å². The van der Waals surface area contributed by atoms with Crippen molar-refractivity contribution in [3.05, 3.63) is 65.1 Å². The van der Waals surface area contributed by atoms with Gasteiger partial charge in [-0.1, -0.05) is 11.6 Å². The lowest BCUT2D eigenvalue weighted by atomic mass is 10.1. The summed E-state index contributed by atoms with van der Waals surface area (Å²) in [5.74, 6) is -0.448. The van der Waals surface area contributed by atoms with Crippen LogP contribution in [0.5, 0.6) is 0 Å². The first kappa shape index (κ1) is 17.7. The molecular formula is C21H19ClFN3O. The number of pyridine rings is 1. The lowest BCUT2D eigenvalue weighted by Crippen LogP contribution is -2.36. The highest BCUT2D eigenvalue weighted by molar-refractivity contribution is 6.30. The van der Waals surface area contributed by atoms with E-state index in [1.54, 1.807) is 24.4 Å². The van der Waals surface area contributed by atoms with E-state index in [0.29, 0.717) is 27.2 Å². The Morgan fingerprint density at radius 2 is 1.81 bits per heavy atom. The SMILES string of the molecule is O=C(c1cnc2ccc(F)cc2c1Nc1ccc(Cl)cc1)N1CCCCC1. The topological polar surface area (TPSA) is 45.2 Å². The van der Waals surface area contributed by atoms with Gasteiger partial charge in [0.15, 0.2) is 0 Å². The van der Waals surface area contributed by atoms with E-state index in [2.05, 4.69) is 10.3 Å². The zero-order valence-electron chi connectivity index (χ0n) is 14.7. The molecule has 0 unspecified atom stereocenters. The molecule has 0 aliphatic carbocycles. The summed E-state index contributed by atoms with van der Waals surface area (Å²) in [6.07, 6.45) is 4.72. The highest BCUT2D eigenvalue weighted by Crippen LogP contribution is 2.31. The Balaban J connectivity index is 1.81. The van der Waals surface area contributed by atoms with Crippen LogP contribution in [0.25, 0.3) is 10.9 Å². The molecule has 1 fully saturated rings. The highest BCUT2D eigenvalue weighted by atomic mass is 35.5. The van der Waals surface area contributed by atoms with Crippen molar-refractivity contribution >= 4 is 39.8 Å². The number of rotatable bonds is 3. The minimum absolute atomic E-state index is 0.0789. The number of nitrogens with one attached hydrogen (secondary N) is 1. The molecule has 1 aliphatic rings. The van der Waals surface area contributed by atoms with Crippen molar-refractivity contribution in [3.63, 3.8) is 0 Å². The molecule has 1 amide bonds. The number of nitrogens with zero attached hydrogens (tertiary/aromatic N) is 2. The van der Waals surface area contributed by atoms with Crippen LogP contribution in [-0.2, 0) is 0 Å². The Morgan fingerprint density at radius 1 is 1.07 bits per heavy atom. The lowest BCUT2D eigenvalue weighted by molar-refractivity contribution is 0.0725. The Bertz CT molecular complexity index is 985. The number of aromatic nitrogens is 1. The van der Waals surface area contributed by atoms with E-state index in [1.807, 2.05) is 17.0 Å². The number of hydrogen-bond acceptors (Lipinski definition) is 3. The molecule has 0 spiro atoms. The summed E-state index contributed by atoms with van der Waals surface area (Å²) in [4.78, 5) is 19.3. The molecule has 0 atom stereocenters. The molecule has 2 heterocycles. The monoisotopic (exact) mass is 383 g/mol. The third kappa shape index (κ3) is 3.74. The fourth-order valence-electron chi connectivity index (χ4n) is 3.41. The van der Waals surface area contributed by atoms with E-state index < -0.39 is 0 Å². The van der Waals surface area contributed by atoms with Crippen LogP contribution in [0.3, 0.4) is 0 Å². The van der Waals surface area contributed by atoms with Crippen LogP contribution in [0.1, 0.15) is 29.6 Å². The second-order valence-electron chi connectivity index (χ2n) is 6.69. The molecule has 1 aliphatic heterocycles. The number of hydrogen-bond donors (Lipinski definition) is 1. The van der Waals surface area contributed by atoms with Gasteiger partial charge in [0.05, 0.1) is 16.8 Å². The van der Waals surface area contributed by atoms with Crippen LogP contribution in [0.15, 0.2) is 48.7 Å². The average molecular weight is 384 g/mol. The normalized spacial score (nSPS) is 14.4. The van der Waals surface area contributed by atoms with Gasteiger partial charge in [-0.3, -0.25) is 9.78 Å². The predicted molar refractivity (Wildman–Crippen MR) is 106 cm³/mol. The van der Waals surface area contributed by atoms with Crippen LogP contribution in [0.4, 0.5) is 15.8 Å². The molecule has 1 saturated heterocycles. The number of anilines is 2. The number of likely N-dealkylation sites (tertiary alicyclic amines) is 1. The van der Waals surface area contributed by atoms with Crippen LogP contribution in [0, 0.1) is 5.82 Å². The number of carbonyl (C=O) groups is 1. The summed E-state index contributed by atoms with van der Waals surface area (Å²) in [5, 5.41) is 4.47. The van der Waals surface area contributed by atoms with Gasteiger partial charge in [-0.15, -0.1) is 0 Å². The minimum Gasteiger partial charge on any atom is -0.354 e. The second-order valence-corrected chi connectivity index (χ2v) is 7.13. The molecule has 0 radical (unpaired) electrons. The zero-order valence-corrected chi connectivity index (χ0v) is 15.5. The van der Waals surface area contributed by atoms with Crippen LogP contribution in [0.2, 0.25) is 5.02 Å². The first-order valence-corrected chi connectivity index (χ1v) is 9.40. The third-order valence-corrected chi connectivity index (χ3v) is 5.07. The largest absolute Gasteiger partial charge is 0.354 e. The maximum absolute atomic E-state index is 13.9. The van der Waals surface area contributed by atoms with E-state index in [1.165, 1.54) is 12.1 Å². The zero-order chi connectivity index (χ0) is 18.8. The Morgan fingerprint density at radius 3 is 2.56 bits per heavy atom. The van der Waals surface area contributed by atoms with E-state index in [-0.39, 0.29) is 11.7 Å². The van der Waals surface area contributed by atoms with Gasteiger partial charge in [-0.25, -0.2) is 4.39 Å². The molecule has 138 valence electrons. The minimum atomic E-state index is -0.369. The summed E-state index contributed by atoms with van der Waals surface area (Å²) in [6, 6.07) is 11.6. The van der Waals surface area contributed by atoms with Gasteiger partial charge in [-0.2, -0.15) is 0 Å². The highest BCUT2D eigenvalue weighted by Gasteiger charge is 2.23. The molecule has 27 heavy (non-hydrogen) atoms. The van der Waals surface area contributed by atoms with Gasteiger partial charge in [0, 0.05) is 35.4 Å². The van der Waals surface area contributed by atoms with Crippen molar-refractivity contribution in [1.82, 2.24) is 9.88 Å². The molecule has 1 aromatic heterocycles. The average Bonchev–Trinajstić information content (AvgIpc) is 2.70. The molecule has 6 heteroatoms. The molecular weight excluding hydrogens is 365 g/mol. The van der Waals surface area contributed by atoms with E-state index in [4.69, 9.17) is 11.6 Å². The van der Waals surface area contributed by atoms with Crippen LogP contribution in [-0.4, -0.2) is 28.9 Å². The summed E-state index contributed by atoms with van der Waals surface area (Å²) in [5.41, 5.74) is 2.41. The fraction of sp³-hybridized carbons (Fsp3) is 0.238. The number of benzene rings is 2. The van der Waals surface area contributed by atoms with Gasteiger partial charge in [0.2, 0.25) is 0 Å². The van der Waals surface area contributed by atoms with Gasteiger partial charge in [0.1, 0.15) is 5.82 Å². The number of fused-ring (bicyclic) bond motifs is 1. The molecule has 2 aromatic carbocycles. The first-order chi connectivity index (χ1) is 13.1. The van der Waals surface area contributed by atoms with Crippen molar-refractivity contribution in [2.24, 2.45) is 0 Å². The van der Waals surface area contributed by atoms with Gasteiger partial charge >= 0.3 is 0 Å². The van der Waals surface area contributed by atoms with E-state index >= 15 is 0 Å². The summed E-state index contributed by atoms with van der Waals surface area (Å²) in [6.45, 7) is 1.47. The van der Waals surface area contributed by atoms with Crippen LogP contribution >= 0.6 is 11.6 Å². The maximum Gasteiger partial charge on any atom is 0.257 e. The van der Waals surface area contributed by atoms with Crippen molar-refractivity contribution in [3.8, 4) is 0 Å². The van der Waals surface area contributed by atoms with Gasteiger partial charge < -0.3 is 10.2 Å². The van der Waals surface area contributed by atoms with Crippen molar-refractivity contribution in [1.29, 1.82) is 0 Å². The molecule has 0 saturated carbocycles. The predicted octanol–water partition coefficient (Wildman–Crippen LogP) is 5.40. The Labute approximate surface area is 162 Å². The smallest absolute Gasteiger partial charge is 0.257 e. The summed E-state index contributed by atoms with van der Waals surface area (Å²) < 4.78 is 13.9. The number of piperidine rings is 1. The standard InChI is InChI=1S/C21H19ClFN3O/c22-14-4-7-16(8-5-14)25-20-17-12-15(23)6-9-19(17)24-13-18(20)21(27)26-10-2-1-3-11-26/h4-9,12-13H,1-3,10-11H2,(H,24,25). The van der Waals surface area contributed by atoms with E-state index in [0.717, 1.165) is 38.0 Å². The summed E-state index contributed by atoms with van der Waals surface area (Å²) in [7, 11) is 0. The quantitative estimate of drug-likeness (QED) is 0.658. The molecule has 4 rings (SSSR count). The van der Waals surface area contributed by atoms with Crippen molar-refractivity contribution < 1.29 is 9.18 Å². The summed E-state index contributed by atoms with van der Waals surface area (Å²) >= 11 is 5.97. The first-order valence-electron chi connectivity index (χ1n) is 9.02. The maximum atomic E-state index is 13.9. The van der Waals surface area contributed by atoms with E-state index in [9.17, 15) is 9.18 Å². The number of amides is 1. The molecule has 0 bridgehead atoms. The van der Waals surface area contributed by atoms with Crippen molar-refractivity contribution in [2.75, 3.05) is 18.4 Å². The molecule has 3 aromatic rings. The van der Waals surface area contributed by atoms with Gasteiger partial charge in [0.25, 0.3) is 5.91 Å². The lowest BCUT2D eigenvalue weighted by Gasteiger charge is -2.27. The van der Waals surface area contributed by atoms with Crippen LogP contribution < -0.4 is 5.32 Å². The fourth-order valence-corrected chi connectivity index (χ4v) is 3.53. The molecule has 4 nitrogen and oxygen atoms in total. The second kappa shape index (κ2) is 7.53. The van der Waals surface area contributed by atoms with Gasteiger partial charge in [-0.05, 0) is 61.7 Å². The Kier molecular flexibility index (Phi) is 4.94. The molecule has 1 N–H and O–H groups in total. The number of carbonyl (C=O) groups excluding carboxylic acids is 1. The third-order valence-electron chi connectivity index (χ3n) is 4.82. The Hall–Kier alpha value is -2.66. The number of halogens is 2.